The first-order valence-corrected chi connectivity index (χ1v) is 11.5. The van der Waals surface area contributed by atoms with Gasteiger partial charge in [-0.15, -0.1) is 0 Å². The Bertz CT molecular complexity index is 1180. The number of halogens is 2. The highest BCUT2D eigenvalue weighted by molar-refractivity contribution is 9.10. The number of cyclic esters (lactones) is 1. The maximum absolute atomic E-state index is 13.7. The molecule has 1 heterocycles. The second kappa shape index (κ2) is 9.35. The average molecular weight is 554 g/mol. The molecule has 4 rings (SSSR count). The maximum Gasteiger partial charge on any atom is 0.331 e. The summed E-state index contributed by atoms with van der Waals surface area (Å²) in [4.78, 5) is 39.2. The Morgan fingerprint density at radius 3 is 1.91 bits per heavy atom. The van der Waals surface area contributed by atoms with E-state index in [2.05, 4.69) is 31.9 Å². The van der Waals surface area contributed by atoms with Gasteiger partial charge >= 0.3 is 5.97 Å². The Balaban J connectivity index is 1.80. The number of hydrogen-bond donors (Lipinski definition) is 0. The molecule has 1 aliphatic heterocycles. The summed E-state index contributed by atoms with van der Waals surface area (Å²) in [5.74, 6) is -1.96. The predicted molar refractivity (Wildman–Crippen MR) is 128 cm³/mol. The van der Waals surface area contributed by atoms with Crippen molar-refractivity contribution in [2.75, 3.05) is 0 Å². The summed E-state index contributed by atoms with van der Waals surface area (Å²) in [6, 6.07) is 23.0. The number of hydrogen-bond acceptors (Lipinski definition) is 4. The number of carbonyl (C=O) groups is 3. The largest absolute Gasteiger partial charge is 0.446 e. The number of ether oxygens (including phenoxy) is 1. The summed E-state index contributed by atoms with van der Waals surface area (Å²) < 4.78 is 7.47. The van der Waals surface area contributed by atoms with Crippen LogP contribution in [0.4, 0.5) is 0 Å². The van der Waals surface area contributed by atoms with E-state index in [1.165, 1.54) is 6.08 Å². The van der Waals surface area contributed by atoms with E-state index in [0.717, 1.165) is 8.95 Å². The minimum absolute atomic E-state index is 0.122. The van der Waals surface area contributed by atoms with Crippen molar-refractivity contribution >= 4 is 49.4 Å². The Kier molecular flexibility index (Phi) is 6.53. The summed E-state index contributed by atoms with van der Waals surface area (Å²) >= 11 is 6.75. The van der Waals surface area contributed by atoms with Gasteiger partial charge in [-0.2, -0.15) is 0 Å². The topological polar surface area (TPSA) is 60.4 Å². The number of Topliss-reactive ketones (excluding diaryl/α,β-unsaturated/α-hetero) is 2. The molecule has 3 aromatic rings. The zero-order valence-corrected chi connectivity index (χ0v) is 20.0. The van der Waals surface area contributed by atoms with Crippen LogP contribution >= 0.6 is 31.9 Å². The van der Waals surface area contributed by atoms with Crippen LogP contribution in [-0.4, -0.2) is 17.5 Å². The molecule has 0 saturated heterocycles. The van der Waals surface area contributed by atoms with E-state index in [1.807, 2.05) is 18.2 Å². The highest BCUT2D eigenvalue weighted by Gasteiger charge is 2.49. The Morgan fingerprint density at radius 2 is 1.38 bits per heavy atom. The molecule has 0 aromatic heterocycles. The first-order chi connectivity index (χ1) is 15.4. The van der Waals surface area contributed by atoms with Crippen molar-refractivity contribution in [1.82, 2.24) is 0 Å². The Hall–Kier alpha value is -2.83. The molecule has 6 heteroatoms. The van der Waals surface area contributed by atoms with Crippen LogP contribution in [0.5, 0.6) is 0 Å². The van der Waals surface area contributed by atoms with E-state index in [4.69, 9.17) is 4.74 Å². The fourth-order valence-corrected chi connectivity index (χ4v) is 4.39. The lowest BCUT2D eigenvalue weighted by Crippen LogP contribution is -2.41. The molecule has 1 aliphatic rings. The van der Waals surface area contributed by atoms with Crippen LogP contribution in [-0.2, 0) is 15.1 Å². The average Bonchev–Trinajstić information content (AvgIpc) is 3.21. The lowest BCUT2D eigenvalue weighted by atomic mass is 9.74. The molecular formula is C26H18Br2O4. The lowest BCUT2D eigenvalue weighted by Gasteiger charge is -2.34. The molecule has 0 saturated carbocycles. The zero-order valence-electron chi connectivity index (χ0n) is 16.8. The van der Waals surface area contributed by atoms with Crippen LogP contribution in [0, 0.1) is 5.92 Å². The van der Waals surface area contributed by atoms with E-state index >= 15 is 0 Å². The van der Waals surface area contributed by atoms with Gasteiger partial charge in [0.15, 0.2) is 17.2 Å². The SMILES string of the molecule is O=C1C=CC(c2ccccc2)(C(CC(=O)c2ccc(Br)cc2)C(=O)c2ccc(Br)cc2)O1. The van der Waals surface area contributed by atoms with Crippen molar-refractivity contribution in [3.8, 4) is 0 Å². The predicted octanol–water partition coefficient (Wildman–Crippen LogP) is 6.29. The standard InChI is InChI=1S/C26H18Br2O4/c27-20-10-6-17(7-11-20)23(29)16-22(25(31)18-8-12-21(28)13-9-18)26(15-14-24(30)32-26)19-4-2-1-3-5-19/h1-15,22H,16H2. The molecule has 0 fully saturated rings. The number of esters is 1. The highest BCUT2D eigenvalue weighted by Crippen LogP contribution is 2.43. The number of benzene rings is 3. The van der Waals surface area contributed by atoms with E-state index in [-0.39, 0.29) is 18.0 Å². The van der Waals surface area contributed by atoms with Crippen molar-refractivity contribution in [3.05, 3.63) is 117 Å². The fraction of sp³-hybridized carbons (Fsp3) is 0.115. The van der Waals surface area contributed by atoms with Crippen LogP contribution in [0.25, 0.3) is 0 Å². The van der Waals surface area contributed by atoms with Gasteiger partial charge in [0.25, 0.3) is 0 Å². The van der Waals surface area contributed by atoms with Gasteiger partial charge in [-0.1, -0.05) is 86.5 Å². The van der Waals surface area contributed by atoms with E-state index in [0.29, 0.717) is 16.7 Å². The molecule has 0 radical (unpaired) electrons. The van der Waals surface area contributed by atoms with Gasteiger partial charge in [0.2, 0.25) is 0 Å². The monoisotopic (exact) mass is 552 g/mol. The van der Waals surface area contributed by atoms with Gasteiger partial charge in [0.05, 0.1) is 5.92 Å². The normalized spacial score (nSPS) is 18.2. The second-order valence-corrected chi connectivity index (χ2v) is 9.30. The highest BCUT2D eigenvalue weighted by atomic mass is 79.9. The quantitative estimate of drug-likeness (QED) is 0.255. The van der Waals surface area contributed by atoms with Crippen LogP contribution in [0.3, 0.4) is 0 Å². The van der Waals surface area contributed by atoms with Gasteiger partial charge in [0.1, 0.15) is 0 Å². The summed E-state index contributed by atoms with van der Waals surface area (Å²) in [6.07, 6.45) is 2.79. The molecule has 0 amide bonds. The van der Waals surface area contributed by atoms with Crippen molar-refractivity contribution in [2.45, 2.75) is 12.0 Å². The summed E-state index contributed by atoms with van der Waals surface area (Å²) in [5.41, 5.74) is 0.195. The molecule has 0 N–H and O–H groups in total. The van der Waals surface area contributed by atoms with Gasteiger partial charge in [0, 0.05) is 38.1 Å². The molecule has 0 spiro atoms. The minimum Gasteiger partial charge on any atom is -0.446 e. The number of ketones is 2. The summed E-state index contributed by atoms with van der Waals surface area (Å²) in [6.45, 7) is 0. The molecule has 32 heavy (non-hydrogen) atoms. The van der Waals surface area contributed by atoms with Crippen LogP contribution in [0.1, 0.15) is 32.7 Å². The van der Waals surface area contributed by atoms with Crippen molar-refractivity contribution in [1.29, 1.82) is 0 Å². The molecule has 0 aliphatic carbocycles. The Morgan fingerprint density at radius 1 is 0.812 bits per heavy atom. The van der Waals surface area contributed by atoms with Gasteiger partial charge in [-0.25, -0.2) is 4.79 Å². The van der Waals surface area contributed by atoms with Crippen LogP contribution in [0.2, 0.25) is 0 Å². The van der Waals surface area contributed by atoms with Crippen LogP contribution < -0.4 is 0 Å². The van der Waals surface area contributed by atoms with E-state index in [1.54, 1.807) is 66.7 Å². The third-order valence-corrected chi connectivity index (χ3v) is 6.54. The third kappa shape index (κ3) is 4.52. The summed E-state index contributed by atoms with van der Waals surface area (Å²) in [5, 5.41) is 0. The van der Waals surface area contributed by atoms with E-state index in [9.17, 15) is 14.4 Å². The summed E-state index contributed by atoms with van der Waals surface area (Å²) in [7, 11) is 0. The second-order valence-electron chi connectivity index (χ2n) is 7.47. The smallest absolute Gasteiger partial charge is 0.331 e. The van der Waals surface area contributed by atoms with Gasteiger partial charge < -0.3 is 4.74 Å². The molecule has 2 unspecified atom stereocenters. The molecule has 3 aromatic carbocycles. The molecule has 0 bridgehead atoms. The van der Waals surface area contributed by atoms with Gasteiger partial charge in [-0.05, 0) is 30.3 Å². The molecule has 2 atom stereocenters. The lowest BCUT2D eigenvalue weighted by molar-refractivity contribution is -0.149. The van der Waals surface area contributed by atoms with Crippen molar-refractivity contribution < 1.29 is 19.1 Å². The number of rotatable bonds is 7. The molecule has 4 nitrogen and oxygen atoms in total. The van der Waals surface area contributed by atoms with Crippen molar-refractivity contribution in [2.24, 2.45) is 5.92 Å². The molecule has 160 valence electrons. The first kappa shape index (κ1) is 22.4. The first-order valence-electron chi connectivity index (χ1n) is 9.95. The van der Waals surface area contributed by atoms with Crippen LogP contribution in [0.15, 0.2) is 100.0 Å². The van der Waals surface area contributed by atoms with Crippen molar-refractivity contribution in [3.63, 3.8) is 0 Å². The Labute approximate surface area is 202 Å². The maximum atomic E-state index is 13.7. The zero-order chi connectivity index (χ0) is 22.7. The van der Waals surface area contributed by atoms with E-state index < -0.39 is 17.5 Å². The third-order valence-electron chi connectivity index (χ3n) is 5.48. The minimum atomic E-state index is -1.37. The fourth-order valence-electron chi connectivity index (χ4n) is 3.86. The van der Waals surface area contributed by atoms with Gasteiger partial charge in [-0.3, -0.25) is 9.59 Å². The molecular weight excluding hydrogens is 536 g/mol. The number of carbonyl (C=O) groups excluding carboxylic acids is 3.